The van der Waals surface area contributed by atoms with Crippen LogP contribution in [0.1, 0.15) is 22.3 Å². The van der Waals surface area contributed by atoms with E-state index in [0.717, 1.165) is 27.4 Å². The summed E-state index contributed by atoms with van der Waals surface area (Å²) in [6, 6.07) is 9.50. The van der Waals surface area contributed by atoms with Crippen molar-refractivity contribution < 1.29 is 13.2 Å². The van der Waals surface area contributed by atoms with Gasteiger partial charge in [0.25, 0.3) is 0 Å². The molecule has 0 amide bonds. The molecule has 0 bridgehead atoms. The van der Waals surface area contributed by atoms with Gasteiger partial charge in [-0.2, -0.15) is 13.2 Å². The highest BCUT2D eigenvalue weighted by Crippen LogP contribution is 2.32. The highest BCUT2D eigenvalue weighted by Gasteiger charge is 2.32. The normalized spacial score (nSPS) is 11.5. The van der Waals surface area contributed by atoms with Gasteiger partial charge < -0.3 is 5.32 Å². The summed E-state index contributed by atoms with van der Waals surface area (Å²) in [5.41, 5.74) is 2.50. The Bertz CT molecular complexity index is 627. The molecule has 2 aromatic rings. The molecule has 1 N–H and O–H groups in total. The standard InChI is InChI=1S/C16H15BrF3N/c1-10-7-13(17)8-11(2)15(10)21-9-12-5-3-4-6-14(12)16(18,19)20/h3-8,21H,9H2,1-2H3. The van der Waals surface area contributed by atoms with Gasteiger partial charge in [-0.05, 0) is 48.7 Å². The maximum absolute atomic E-state index is 13.0. The van der Waals surface area contributed by atoms with Gasteiger partial charge in [-0.15, -0.1) is 0 Å². The van der Waals surface area contributed by atoms with Crippen LogP contribution in [0.4, 0.5) is 18.9 Å². The second kappa shape index (κ2) is 6.10. The van der Waals surface area contributed by atoms with Gasteiger partial charge in [-0.3, -0.25) is 0 Å². The Morgan fingerprint density at radius 1 is 1.05 bits per heavy atom. The van der Waals surface area contributed by atoms with E-state index in [1.807, 2.05) is 26.0 Å². The number of rotatable bonds is 3. The number of alkyl halides is 3. The zero-order valence-electron chi connectivity index (χ0n) is 11.7. The van der Waals surface area contributed by atoms with Crippen molar-refractivity contribution >= 4 is 21.6 Å². The molecular weight excluding hydrogens is 343 g/mol. The summed E-state index contributed by atoms with van der Waals surface area (Å²) < 4.78 is 39.8. The molecule has 21 heavy (non-hydrogen) atoms. The van der Waals surface area contributed by atoms with E-state index in [9.17, 15) is 13.2 Å². The third-order valence-corrected chi connectivity index (χ3v) is 3.73. The van der Waals surface area contributed by atoms with E-state index >= 15 is 0 Å². The fourth-order valence-corrected chi connectivity index (χ4v) is 3.01. The van der Waals surface area contributed by atoms with Crippen LogP contribution in [0.5, 0.6) is 0 Å². The third-order valence-electron chi connectivity index (χ3n) is 3.28. The van der Waals surface area contributed by atoms with Crippen molar-refractivity contribution in [2.75, 3.05) is 5.32 Å². The van der Waals surface area contributed by atoms with Crippen LogP contribution < -0.4 is 5.32 Å². The molecule has 0 spiro atoms. The molecule has 2 aromatic carbocycles. The summed E-state index contributed by atoms with van der Waals surface area (Å²) >= 11 is 3.40. The highest BCUT2D eigenvalue weighted by atomic mass is 79.9. The summed E-state index contributed by atoms with van der Waals surface area (Å²) in [4.78, 5) is 0. The summed E-state index contributed by atoms with van der Waals surface area (Å²) in [5, 5.41) is 3.12. The van der Waals surface area contributed by atoms with Crippen molar-refractivity contribution in [3.8, 4) is 0 Å². The predicted octanol–water partition coefficient (Wildman–Crippen LogP) is 5.70. The Labute approximate surface area is 130 Å². The zero-order chi connectivity index (χ0) is 15.6. The molecule has 1 nitrogen and oxygen atoms in total. The lowest BCUT2D eigenvalue weighted by Crippen LogP contribution is -2.12. The molecule has 0 radical (unpaired) electrons. The van der Waals surface area contributed by atoms with Crippen molar-refractivity contribution in [1.29, 1.82) is 0 Å². The average molecular weight is 358 g/mol. The quantitative estimate of drug-likeness (QED) is 0.743. The van der Waals surface area contributed by atoms with Crippen LogP contribution in [0.25, 0.3) is 0 Å². The lowest BCUT2D eigenvalue weighted by atomic mass is 10.1. The van der Waals surface area contributed by atoms with E-state index in [-0.39, 0.29) is 12.1 Å². The molecule has 0 aliphatic heterocycles. The Hall–Kier alpha value is -1.49. The molecule has 2 rings (SSSR count). The molecule has 0 fully saturated rings. The van der Waals surface area contributed by atoms with Gasteiger partial charge in [0.1, 0.15) is 0 Å². The Morgan fingerprint density at radius 3 is 2.19 bits per heavy atom. The second-order valence-electron chi connectivity index (χ2n) is 4.92. The van der Waals surface area contributed by atoms with Gasteiger partial charge in [0.2, 0.25) is 0 Å². The first-order chi connectivity index (χ1) is 9.79. The summed E-state index contributed by atoms with van der Waals surface area (Å²) in [6.45, 7) is 3.99. The van der Waals surface area contributed by atoms with E-state index in [0.29, 0.717) is 0 Å². The molecule has 0 unspecified atom stereocenters. The number of hydrogen-bond acceptors (Lipinski definition) is 1. The molecule has 0 saturated heterocycles. The fourth-order valence-electron chi connectivity index (χ4n) is 2.32. The van der Waals surface area contributed by atoms with Crippen molar-refractivity contribution in [2.24, 2.45) is 0 Å². The van der Waals surface area contributed by atoms with Crippen LogP contribution in [-0.4, -0.2) is 0 Å². The van der Waals surface area contributed by atoms with Gasteiger partial charge >= 0.3 is 6.18 Å². The first kappa shape index (κ1) is 15.9. The monoisotopic (exact) mass is 357 g/mol. The summed E-state index contributed by atoms with van der Waals surface area (Å²) in [5.74, 6) is 0. The van der Waals surface area contributed by atoms with Crippen LogP contribution in [0, 0.1) is 13.8 Å². The first-order valence-electron chi connectivity index (χ1n) is 6.45. The maximum Gasteiger partial charge on any atom is 0.416 e. The lowest BCUT2D eigenvalue weighted by Gasteiger charge is -2.16. The molecule has 0 atom stereocenters. The van der Waals surface area contributed by atoms with Gasteiger partial charge in [-0.1, -0.05) is 34.1 Å². The van der Waals surface area contributed by atoms with Gasteiger partial charge in [0.05, 0.1) is 5.56 Å². The molecular formula is C16H15BrF3N. The van der Waals surface area contributed by atoms with Crippen LogP contribution in [0.3, 0.4) is 0 Å². The summed E-state index contributed by atoms with van der Waals surface area (Å²) in [7, 11) is 0. The van der Waals surface area contributed by atoms with Crippen molar-refractivity contribution in [1.82, 2.24) is 0 Å². The minimum absolute atomic E-state index is 0.138. The Balaban J connectivity index is 2.26. The number of aryl methyl sites for hydroxylation is 2. The number of hydrogen-bond donors (Lipinski definition) is 1. The molecule has 0 heterocycles. The van der Waals surface area contributed by atoms with Crippen LogP contribution in [0.15, 0.2) is 40.9 Å². The first-order valence-corrected chi connectivity index (χ1v) is 7.24. The maximum atomic E-state index is 13.0. The van der Waals surface area contributed by atoms with E-state index in [4.69, 9.17) is 0 Å². The minimum atomic E-state index is -4.33. The van der Waals surface area contributed by atoms with Gasteiger partial charge in [0, 0.05) is 16.7 Å². The third kappa shape index (κ3) is 3.79. The number of benzene rings is 2. The lowest BCUT2D eigenvalue weighted by molar-refractivity contribution is -0.138. The molecule has 0 aliphatic carbocycles. The number of anilines is 1. The highest BCUT2D eigenvalue weighted by molar-refractivity contribution is 9.10. The summed E-state index contributed by atoms with van der Waals surface area (Å²) in [6.07, 6.45) is -4.33. The minimum Gasteiger partial charge on any atom is -0.381 e. The molecule has 0 aromatic heterocycles. The second-order valence-corrected chi connectivity index (χ2v) is 5.84. The molecule has 112 valence electrons. The van der Waals surface area contributed by atoms with Crippen molar-refractivity contribution in [3.63, 3.8) is 0 Å². The molecule has 0 aliphatic rings. The van der Waals surface area contributed by atoms with E-state index in [1.54, 1.807) is 6.07 Å². The fraction of sp³-hybridized carbons (Fsp3) is 0.250. The molecule has 0 saturated carbocycles. The number of nitrogens with one attached hydrogen (secondary N) is 1. The SMILES string of the molecule is Cc1cc(Br)cc(C)c1NCc1ccccc1C(F)(F)F. The van der Waals surface area contributed by atoms with E-state index in [1.165, 1.54) is 12.1 Å². The smallest absolute Gasteiger partial charge is 0.381 e. The van der Waals surface area contributed by atoms with E-state index < -0.39 is 11.7 Å². The zero-order valence-corrected chi connectivity index (χ0v) is 13.3. The van der Waals surface area contributed by atoms with Crippen LogP contribution >= 0.6 is 15.9 Å². The van der Waals surface area contributed by atoms with Gasteiger partial charge in [-0.25, -0.2) is 0 Å². The number of halogens is 4. The average Bonchev–Trinajstić information content (AvgIpc) is 2.36. The topological polar surface area (TPSA) is 12.0 Å². The Morgan fingerprint density at radius 2 is 1.62 bits per heavy atom. The van der Waals surface area contributed by atoms with Crippen LogP contribution in [0.2, 0.25) is 0 Å². The van der Waals surface area contributed by atoms with E-state index in [2.05, 4.69) is 21.2 Å². The predicted molar refractivity (Wildman–Crippen MR) is 82.4 cm³/mol. The van der Waals surface area contributed by atoms with Crippen LogP contribution in [-0.2, 0) is 12.7 Å². The van der Waals surface area contributed by atoms with Crippen molar-refractivity contribution in [2.45, 2.75) is 26.6 Å². The Kier molecular flexibility index (Phi) is 4.61. The van der Waals surface area contributed by atoms with Gasteiger partial charge in [0.15, 0.2) is 0 Å². The van der Waals surface area contributed by atoms with Crippen molar-refractivity contribution in [3.05, 3.63) is 63.1 Å². The largest absolute Gasteiger partial charge is 0.416 e. The molecule has 5 heteroatoms.